The molecule has 1 aromatic carbocycles. The van der Waals surface area contributed by atoms with Crippen LogP contribution in [0.3, 0.4) is 0 Å². The number of esters is 1. The first-order chi connectivity index (χ1) is 10.3. The molecule has 0 radical (unpaired) electrons. The van der Waals surface area contributed by atoms with Gasteiger partial charge in [-0.3, -0.25) is 0 Å². The Bertz CT molecular complexity index is 734. The smallest absolute Gasteiger partial charge is 0.340 e. The molecule has 0 aliphatic rings. The summed E-state index contributed by atoms with van der Waals surface area (Å²) < 4.78 is 18.3. The van der Waals surface area contributed by atoms with E-state index in [0.29, 0.717) is 16.8 Å². The van der Waals surface area contributed by atoms with Crippen LogP contribution in [0.5, 0.6) is 0 Å². The Kier molecular flexibility index (Phi) is 4.57. The number of halogens is 1. The van der Waals surface area contributed by atoms with Crippen LogP contribution < -0.4 is 0 Å². The first-order valence-electron chi connectivity index (χ1n) is 6.80. The predicted molar refractivity (Wildman–Crippen MR) is 81.8 cm³/mol. The predicted octanol–water partition coefficient (Wildman–Crippen LogP) is 3.58. The first-order valence-corrected chi connectivity index (χ1v) is 6.80. The molecular weight excluding hydrogens is 281 g/mol. The molecule has 3 nitrogen and oxygen atoms in total. The maximum absolute atomic E-state index is 13.0. The molecule has 112 valence electrons. The number of rotatable bonds is 1. The average molecular weight is 297 g/mol. The van der Waals surface area contributed by atoms with E-state index >= 15 is 0 Å². The Balaban J connectivity index is 2.12. The van der Waals surface area contributed by atoms with Crippen molar-refractivity contribution in [2.24, 2.45) is 0 Å². The second-order valence-corrected chi connectivity index (χ2v) is 5.69. The molecule has 0 atom stereocenters. The minimum Gasteiger partial charge on any atom is -0.456 e. The van der Waals surface area contributed by atoms with E-state index in [4.69, 9.17) is 4.74 Å². The number of hydrogen-bond donors (Lipinski definition) is 0. The molecule has 0 spiro atoms. The number of carbonyl (C=O) groups excluding carboxylic acids is 1. The van der Waals surface area contributed by atoms with Crippen LogP contribution in [0.25, 0.3) is 0 Å². The number of pyridine rings is 1. The third-order valence-electron chi connectivity index (χ3n) is 2.56. The van der Waals surface area contributed by atoms with Crippen molar-refractivity contribution in [3.63, 3.8) is 0 Å². The van der Waals surface area contributed by atoms with Crippen LogP contribution in [0, 0.1) is 17.7 Å². The second kappa shape index (κ2) is 6.40. The minimum atomic E-state index is -0.549. The van der Waals surface area contributed by atoms with Crippen molar-refractivity contribution in [1.82, 2.24) is 4.98 Å². The summed E-state index contributed by atoms with van der Waals surface area (Å²) in [5, 5.41) is 0. The molecule has 0 N–H and O–H groups in total. The van der Waals surface area contributed by atoms with Gasteiger partial charge in [0.15, 0.2) is 0 Å². The molecular formula is C18H16FNO2. The van der Waals surface area contributed by atoms with Gasteiger partial charge in [0.05, 0.1) is 5.56 Å². The van der Waals surface area contributed by atoms with Gasteiger partial charge >= 0.3 is 5.97 Å². The zero-order valence-corrected chi connectivity index (χ0v) is 12.7. The number of benzene rings is 1. The summed E-state index contributed by atoms with van der Waals surface area (Å²) in [7, 11) is 0. The Morgan fingerprint density at radius 1 is 1.18 bits per heavy atom. The van der Waals surface area contributed by atoms with Gasteiger partial charge in [0.2, 0.25) is 0 Å². The fourth-order valence-electron chi connectivity index (χ4n) is 1.63. The van der Waals surface area contributed by atoms with Gasteiger partial charge in [-0.15, -0.1) is 0 Å². The number of hydrogen-bond acceptors (Lipinski definition) is 3. The van der Waals surface area contributed by atoms with Crippen LogP contribution in [0.4, 0.5) is 4.39 Å². The van der Waals surface area contributed by atoms with Crippen LogP contribution in [0.1, 0.15) is 42.4 Å². The molecule has 1 heterocycles. The van der Waals surface area contributed by atoms with Crippen molar-refractivity contribution in [1.29, 1.82) is 0 Å². The highest BCUT2D eigenvalue weighted by atomic mass is 19.1. The molecule has 1 aromatic heterocycles. The first kappa shape index (κ1) is 15.7. The van der Waals surface area contributed by atoms with Crippen LogP contribution >= 0.6 is 0 Å². The van der Waals surface area contributed by atoms with Gasteiger partial charge in [-0.05, 0) is 57.0 Å². The van der Waals surface area contributed by atoms with Crippen LogP contribution in [-0.4, -0.2) is 16.6 Å². The summed E-state index contributed by atoms with van der Waals surface area (Å²) in [6.07, 6.45) is 1.42. The highest BCUT2D eigenvalue weighted by Gasteiger charge is 2.17. The molecule has 0 saturated heterocycles. The summed E-state index contributed by atoms with van der Waals surface area (Å²) in [6, 6.07) is 9.26. The van der Waals surface area contributed by atoms with Crippen molar-refractivity contribution in [3.05, 3.63) is 65.2 Å². The minimum absolute atomic E-state index is 0.333. The molecule has 4 heteroatoms. The molecule has 0 saturated carbocycles. The van der Waals surface area contributed by atoms with E-state index in [1.165, 1.54) is 18.3 Å². The van der Waals surface area contributed by atoms with E-state index in [2.05, 4.69) is 16.8 Å². The molecule has 0 bridgehead atoms. The maximum atomic E-state index is 13.0. The van der Waals surface area contributed by atoms with Gasteiger partial charge in [0, 0.05) is 11.8 Å². The van der Waals surface area contributed by atoms with Gasteiger partial charge in [-0.1, -0.05) is 12.0 Å². The van der Waals surface area contributed by atoms with E-state index < -0.39 is 11.6 Å². The van der Waals surface area contributed by atoms with Gasteiger partial charge in [-0.2, -0.15) is 0 Å². The lowest BCUT2D eigenvalue weighted by Crippen LogP contribution is -2.23. The molecule has 0 unspecified atom stereocenters. The molecule has 22 heavy (non-hydrogen) atoms. The molecule has 2 aromatic rings. The lowest BCUT2D eigenvalue weighted by atomic mass is 10.2. The van der Waals surface area contributed by atoms with Crippen molar-refractivity contribution < 1.29 is 13.9 Å². The molecule has 0 aliphatic heterocycles. The average Bonchev–Trinajstić information content (AvgIpc) is 2.44. The lowest BCUT2D eigenvalue weighted by molar-refractivity contribution is 0.00691. The van der Waals surface area contributed by atoms with E-state index in [1.807, 2.05) is 0 Å². The zero-order valence-electron chi connectivity index (χ0n) is 12.7. The number of ether oxygens (including phenoxy) is 1. The zero-order chi connectivity index (χ0) is 16.2. The van der Waals surface area contributed by atoms with E-state index in [-0.39, 0.29) is 5.82 Å². The van der Waals surface area contributed by atoms with E-state index in [1.54, 1.807) is 45.0 Å². The Morgan fingerprint density at radius 3 is 2.55 bits per heavy atom. The fraction of sp³-hybridized carbons (Fsp3) is 0.222. The Hall–Kier alpha value is -2.67. The summed E-state index contributed by atoms with van der Waals surface area (Å²) in [4.78, 5) is 15.9. The number of carbonyl (C=O) groups is 1. The number of nitrogens with zero attached hydrogens (tertiary/aromatic N) is 1. The van der Waals surface area contributed by atoms with Gasteiger partial charge in [0.25, 0.3) is 0 Å². The van der Waals surface area contributed by atoms with E-state index in [9.17, 15) is 9.18 Å². The Morgan fingerprint density at radius 2 is 1.95 bits per heavy atom. The maximum Gasteiger partial charge on any atom is 0.340 e. The summed E-state index contributed by atoms with van der Waals surface area (Å²) in [5.41, 5.74) is 0.883. The van der Waals surface area contributed by atoms with Crippen LogP contribution in [-0.2, 0) is 4.74 Å². The number of aromatic nitrogens is 1. The summed E-state index contributed by atoms with van der Waals surface area (Å²) in [5.74, 6) is 4.88. The van der Waals surface area contributed by atoms with Crippen LogP contribution in [0.2, 0.25) is 0 Å². The monoisotopic (exact) mass is 297 g/mol. The van der Waals surface area contributed by atoms with Crippen molar-refractivity contribution in [2.75, 3.05) is 0 Å². The molecule has 0 aliphatic carbocycles. The van der Waals surface area contributed by atoms with Gasteiger partial charge in [0.1, 0.15) is 17.1 Å². The highest BCUT2D eigenvalue weighted by molar-refractivity contribution is 5.89. The van der Waals surface area contributed by atoms with Crippen molar-refractivity contribution in [3.8, 4) is 11.8 Å². The van der Waals surface area contributed by atoms with Crippen LogP contribution in [0.15, 0.2) is 42.6 Å². The third kappa shape index (κ3) is 4.71. The third-order valence-corrected chi connectivity index (χ3v) is 2.56. The van der Waals surface area contributed by atoms with Gasteiger partial charge < -0.3 is 4.74 Å². The normalized spacial score (nSPS) is 10.5. The largest absolute Gasteiger partial charge is 0.456 e. The lowest BCUT2D eigenvalue weighted by Gasteiger charge is -2.19. The molecule has 2 rings (SSSR count). The quantitative estimate of drug-likeness (QED) is 0.596. The van der Waals surface area contributed by atoms with Crippen molar-refractivity contribution >= 4 is 5.97 Å². The SMILES string of the molecule is CC(C)(C)OC(=O)c1ccc(C#Cc2cccc(F)c2)nc1. The molecule has 0 amide bonds. The fourth-order valence-corrected chi connectivity index (χ4v) is 1.63. The summed E-state index contributed by atoms with van der Waals surface area (Å²) >= 11 is 0. The Labute approximate surface area is 129 Å². The molecule has 0 fully saturated rings. The van der Waals surface area contributed by atoms with Gasteiger partial charge in [-0.25, -0.2) is 14.2 Å². The van der Waals surface area contributed by atoms with E-state index in [0.717, 1.165) is 0 Å². The standard InChI is InChI=1S/C18H16FNO2/c1-18(2,3)22-17(21)14-8-10-16(20-12-14)9-7-13-5-4-6-15(19)11-13/h4-6,8,10-12H,1-3H3. The topological polar surface area (TPSA) is 39.2 Å². The second-order valence-electron chi connectivity index (χ2n) is 5.69. The summed E-state index contributed by atoms with van der Waals surface area (Å²) in [6.45, 7) is 5.41. The van der Waals surface area contributed by atoms with Crippen molar-refractivity contribution in [2.45, 2.75) is 26.4 Å². The highest BCUT2D eigenvalue weighted by Crippen LogP contribution is 2.11.